The Bertz CT molecular complexity index is 833. The fourth-order valence-electron chi connectivity index (χ4n) is 7.28. The fourth-order valence-corrected chi connectivity index (χ4v) is 7.28. The monoisotopic (exact) mass is 638 g/mol. The minimum absolute atomic E-state index is 0.000530. The van der Waals surface area contributed by atoms with Gasteiger partial charge in [-0.3, -0.25) is 0 Å². The molecule has 262 valence electrons. The van der Waals surface area contributed by atoms with Gasteiger partial charge in [0.25, 0.3) is 0 Å². The minimum atomic E-state index is -0.492. The third-order valence-corrected chi connectivity index (χ3v) is 10.1. The van der Waals surface area contributed by atoms with Gasteiger partial charge in [-0.2, -0.15) is 0 Å². The molecule has 0 radical (unpaired) electrons. The molecule has 2 fully saturated rings. The van der Waals surface area contributed by atoms with Gasteiger partial charge in [0, 0.05) is 5.57 Å². The van der Waals surface area contributed by atoms with Gasteiger partial charge in [-0.1, -0.05) is 77.6 Å². The SMILES string of the molecule is CCCCCC[C@@H](O)CCC[C@H](O)[C@@H]1CC[C@@H]([C@H]2CC[C@@H]([C@H](O)CCCCCCCCC[C@@H](O)CCC3=C[C@@H](C)OC3=O)O2)O1. The van der Waals surface area contributed by atoms with E-state index in [0.29, 0.717) is 24.8 Å². The Labute approximate surface area is 273 Å². The predicted molar refractivity (Wildman–Crippen MR) is 177 cm³/mol. The van der Waals surface area contributed by atoms with Gasteiger partial charge in [0.1, 0.15) is 6.10 Å². The second kappa shape index (κ2) is 21.8. The second-order valence-corrected chi connectivity index (χ2v) is 14.2. The molecule has 0 spiro atoms. The lowest BCUT2D eigenvalue weighted by Gasteiger charge is -2.24. The molecule has 0 aromatic carbocycles. The summed E-state index contributed by atoms with van der Waals surface area (Å²) in [6.45, 7) is 4.05. The largest absolute Gasteiger partial charge is 0.455 e. The third kappa shape index (κ3) is 14.7. The molecule has 3 rings (SSSR count). The zero-order valence-corrected chi connectivity index (χ0v) is 28.5. The number of aliphatic hydroxyl groups is 4. The molecule has 0 aromatic heterocycles. The molecular formula is C37H66O8. The van der Waals surface area contributed by atoms with Crippen molar-refractivity contribution in [1.29, 1.82) is 0 Å². The summed E-state index contributed by atoms with van der Waals surface area (Å²) in [6.07, 6.45) is 21.7. The van der Waals surface area contributed by atoms with Gasteiger partial charge in [0.15, 0.2) is 0 Å². The molecule has 0 amide bonds. The quantitative estimate of drug-likeness (QED) is 0.0634. The summed E-state index contributed by atoms with van der Waals surface area (Å²) in [5.74, 6) is -0.237. The van der Waals surface area contributed by atoms with Crippen LogP contribution in [0.15, 0.2) is 11.6 Å². The standard InChI is InChI=1S/C37H66O8/c1-3-4-5-11-15-29(38)17-14-19-32(41)34-23-25-36(45-34)35-24-22-33(44-35)31(40)18-13-10-8-6-7-9-12-16-30(39)21-20-28-26-27(2)43-37(28)42/h26-27,29-36,38-41H,3-25H2,1-2H3/t27-,29-,30-,31-,32+,33+,34+,35-,36+/m1/s1. The average molecular weight is 639 g/mol. The summed E-state index contributed by atoms with van der Waals surface area (Å²) in [6, 6.07) is 0. The summed E-state index contributed by atoms with van der Waals surface area (Å²) >= 11 is 0. The van der Waals surface area contributed by atoms with Crippen LogP contribution in [0.25, 0.3) is 0 Å². The molecule has 0 unspecified atom stereocenters. The number of esters is 1. The van der Waals surface area contributed by atoms with E-state index in [-0.39, 0.29) is 48.7 Å². The maximum Gasteiger partial charge on any atom is 0.334 e. The number of carbonyl (C=O) groups is 1. The number of cyclic esters (lactones) is 1. The number of ether oxygens (including phenoxy) is 3. The number of rotatable bonds is 25. The summed E-state index contributed by atoms with van der Waals surface area (Å²) in [5, 5.41) is 41.9. The van der Waals surface area contributed by atoms with Gasteiger partial charge in [-0.15, -0.1) is 0 Å². The summed E-state index contributed by atoms with van der Waals surface area (Å²) in [4.78, 5) is 11.7. The molecule has 0 aromatic rings. The maximum atomic E-state index is 11.7. The van der Waals surface area contributed by atoms with Crippen LogP contribution in [0.5, 0.6) is 0 Å². The van der Waals surface area contributed by atoms with Crippen LogP contribution in [0.4, 0.5) is 0 Å². The lowest BCUT2D eigenvalue weighted by Crippen LogP contribution is -2.33. The molecule has 3 heterocycles. The summed E-state index contributed by atoms with van der Waals surface area (Å²) in [5.41, 5.74) is 0.700. The van der Waals surface area contributed by atoms with Crippen LogP contribution in [0, 0.1) is 0 Å². The summed E-state index contributed by atoms with van der Waals surface area (Å²) < 4.78 is 17.6. The van der Waals surface area contributed by atoms with Crippen LogP contribution < -0.4 is 0 Å². The van der Waals surface area contributed by atoms with Crippen molar-refractivity contribution in [2.24, 2.45) is 0 Å². The van der Waals surface area contributed by atoms with E-state index in [9.17, 15) is 25.2 Å². The zero-order chi connectivity index (χ0) is 32.4. The molecule has 0 aliphatic carbocycles. The van der Waals surface area contributed by atoms with Crippen LogP contribution in [-0.4, -0.2) is 81.3 Å². The highest BCUT2D eigenvalue weighted by atomic mass is 16.6. The molecule has 3 aliphatic heterocycles. The van der Waals surface area contributed by atoms with E-state index in [0.717, 1.165) is 103 Å². The number of aliphatic hydroxyl groups excluding tert-OH is 4. The number of carbonyl (C=O) groups excluding carboxylic acids is 1. The van der Waals surface area contributed by atoms with E-state index in [1.165, 1.54) is 25.7 Å². The van der Waals surface area contributed by atoms with Gasteiger partial charge in [0.2, 0.25) is 0 Å². The number of hydrogen-bond donors (Lipinski definition) is 4. The number of unbranched alkanes of at least 4 members (excludes halogenated alkanes) is 9. The number of hydrogen-bond acceptors (Lipinski definition) is 8. The molecule has 8 heteroatoms. The van der Waals surface area contributed by atoms with Crippen LogP contribution in [-0.2, 0) is 19.0 Å². The van der Waals surface area contributed by atoms with Crippen molar-refractivity contribution in [3.8, 4) is 0 Å². The van der Waals surface area contributed by atoms with Crippen LogP contribution in [0.3, 0.4) is 0 Å². The van der Waals surface area contributed by atoms with E-state index in [1.807, 2.05) is 13.0 Å². The normalized spacial score (nSPS) is 27.8. The third-order valence-electron chi connectivity index (χ3n) is 10.1. The minimum Gasteiger partial charge on any atom is -0.455 e. The van der Waals surface area contributed by atoms with E-state index >= 15 is 0 Å². The van der Waals surface area contributed by atoms with E-state index in [4.69, 9.17) is 14.2 Å². The highest BCUT2D eigenvalue weighted by Crippen LogP contribution is 2.34. The van der Waals surface area contributed by atoms with Crippen molar-refractivity contribution in [2.45, 2.75) is 216 Å². The van der Waals surface area contributed by atoms with Crippen molar-refractivity contribution < 1.29 is 39.4 Å². The Hall–Kier alpha value is -1.03. The van der Waals surface area contributed by atoms with Gasteiger partial charge < -0.3 is 34.6 Å². The van der Waals surface area contributed by atoms with Gasteiger partial charge in [-0.25, -0.2) is 4.79 Å². The zero-order valence-electron chi connectivity index (χ0n) is 28.5. The Morgan fingerprint density at radius 3 is 1.64 bits per heavy atom. The van der Waals surface area contributed by atoms with Gasteiger partial charge in [-0.05, 0) is 90.0 Å². The van der Waals surface area contributed by atoms with Crippen molar-refractivity contribution in [3.05, 3.63) is 11.6 Å². The van der Waals surface area contributed by atoms with E-state index in [1.54, 1.807) is 0 Å². The van der Waals surface area contributed by atoms with E-state index in [2.05, 4.69) is 6.92 Å². The molecule has 45 heavy (non-hydrogen) atoms. The van der Waals surface area contributed by atoms with Crippen molar-refractivity contribution in [2.75, 3.05) is 0 Å². The molecule has 0 saturated carbocycles. The lowest BCUT2D eigenvalue weighted by atomic mass is 9.99. The molecular weight excluding hydrogens is 572 g/mol. The Balaban J connectivity index is 1.15. The first-order chi connectivity index (χ1) is 21.8. The molecule has 9 atom stereocenters. The average Bonchev–Trinajstić information content (AvgIpc) is 3.77. The Kier molecular flexibility index (Phi) is 18.6. The van der Waals surface area contributed by atoms with Crippen LogP contribution >= 0.6 is 0 Å². The van der Waals surface area contributed by atoms with E-state index < -0.39 is 12.2 Å². The summed E-state index contributed by atoms with van der Waals surface area (Å²) in [7, 11) is 0. The first-order valence-corrected chi connectivity index (χ1v) is 18.7. The van der Waals surface area contributed by atoms with Crippen LogP contribution in [0.1, 0.15) is 162 Å². The van der Waals surface area contributed by atoms with Crippen molar-refractivity contribution >= 4 is 5.97 Å². The highest BCUT2D eigenvalue weighted by Gasteiger charge is 2.40. The first kappa shape index (κ1) is 38.4. The van der Waals surface area contributed by atoms with Gasteiger partial charge in [0.05, 0.1) is 48.8 Å². The van der Waals surface area contributed by atoms with Crippen molar-refractivity contribution in [1.82, 2.24) is 0 Å². The second-order valence-electron chi connectivity index (χ2n) is 14.2. The fraction of sp³-hybridized carbons (Fsp3) is 0.919. The predicted octanol–water partition coefficient (Wildman–Crippen LogP) is 6.83. The topological polar surface area (TPSA) is 126 Å². The lowest BCUT2D eigenvalue weighted by molar-refractivity contribution is -0.139. The van der Waals surface area contributed by atoms with Gasteiger partial charge >= 0.3 is 5.97 Å². The first-order valence-electron chi connectivity index (χ1n) is 18.7. The molecule has 3 aliphatic rings. The smallest absolute Gasteiger partial charge is 0.334 e. The van der Waals surface area contributed by atoms with Crippen molar-refractivity contribution in [3.63, 3.8) is 0 Å². The Morgan fingerprint density at radius 2 is 1.11 bits per heavy atom. The Morgan fingerprint density at radius 1 is 0.644 bits per heavy atom. The highest BCUT2D eigenvalue weighted by molar-refractivity contribution is 5.90. The molecule has 0 bridgehead atoms. The van der Waals surface area contributed by atoms with Crippen LogP contribution in [0.2, 0.25) is 0 Å². The maximum absolute atomic E-state index is 11.7. The molecule has 8 nitrogen and oxygen atoms in total. The molecule has 2 saturated heterocycles. The molecule has 4 N–H and O–H groups in total.